The maximum atomic E-state index is 13.0. The van der Waals surface area contributed by atoms with E-state index in [1.165, 1.54) is 0 Å². The summed E-state index contributed by atoms with van der Waals surface area (Å²) in [6.07, 6.45) is 0.303. The van der Waals surface area contributed by atoms with Crippen LogP contribution >= 0.6 is 0 Å². The maximum absolute atomic E-state index is 13.0. The molecule has 0 N–H and O–H groups in total. The Kier molecular flexibility index (Phi) is 7.80. The van der Waals surface area contributed by atoms with Gasteiger partial charge in [-0.3, -0.25) is 9.59 Å². The number of hydrogen-bond acceptors (Lipinski definition) is 2. The molecule has 0 radical (unpaired) electrons. The van der Waals surface area contributed by atoms with E-state index in [9.17, 15) is 9.59 Å². The Morgan fingerprint density at radius 3 is 2.07 bits per heavy atom. The minimum absolute atomic E-state index is 0.0416. The van der Waals surface area contributed by atoms with Crippen LogP contribution < -0.4 is 4.90 Å². The maximum Gasteiger partial charge on any atom is 0.224 e. The van der Waals surface area contributed by atoms with E-state index in [1.807, 2.05) is 73.3 Å². The highest BCUT2D eigenvalue weighted by molar-refractivity contribution is 5.93. The third kappa shape index (κ3) is 5.69. The molecule has 4 heteroatoms. The van der Waals surface area contributed by atoms with E-state index in [1.54, 1.807) is 11.8 Å². The molecule has 0 fully saturated rings. The summed E-state index contributed by atoms with van der Waals surface area (Å²) in [6, 6.07) is 18.0. The highest BCUT2D eigenvalue weighted by atomic mass is 16.2. The third-order valence-electron chi connectivity index (χ3n) is 4.92. The Hall–Kier alpha value is -2.62. The Morgan fingerprint density at radius 1 is 0.893 bits per heavy atom. The van der Waals surface area contributed by atoms with Crippen molar-refractivity contribution in [1.82, 2.24) is 4.90 Å². The summed E-state index contributed by atoms with van der Waals surface area (Å²) >= 11 is 0. The molecule has 2 amide bonds. The summed E-state index contributed by atoms with van der Waals surface area (Å²) < 4.78 is 0. The van der Waals surface area contributed by atoms with Crippen LogP contribution in [0, 0.1) is 0 Å². The molecule has 0 saturated heterocycles. The normalized spacial score (nSPS) is 11.0. The van der Waals surface area contributed by atoms with Gasteiger partial charge in [-0.25, -0.2) is 0 Å². The topological polar surface area (TPSA) is 40.6 Å². The van der Waals surface area contributed by atoms with Gasteiger partial charge >= 0.3 is 0 Å². The number of para-hydroxylation sites is 1. The van der Waals surface area contributed by atoms with Crippen molar-refractivity contribution in [2.24, 2.45) is 0 Å². The van der Waals surface area contributed by atoms with Crippen LogP contribution in [0.3, 0.4) is 0 Å². The van der Waals surface area contributed by atoms with Crippen molar-refractivity contribution in [3.05, 3.63) is 65.7 Å². The summed E-state index contributed by atoms with van der Waals surface area (Å²) in [5, 5.41) is 0. The van der Waals surface area contributed by atoms with Gasteiger partial charge in [-0.1, -0.05) is 62.4 Å². The molecule has 0 aliphatic rings. The molecule has 0 saturated carbocycles. The lowest BCUT2D eigenvalue weighted by Gasteiger charge is -2.29. The predicted molar refractivity (Wildman–Crippen MR) is 115 cm³/mol. The van der Waals surface area contributed by atoms with Crippen LogP contribution in [0.5, 0.6) is 0 Å². The monoisotopic (exact) mass is 380 g/mol. The molecule has 0 bridgehead atoms. The zero-order valence-corrected chi connectivity index (χ0v) is 17.7. The summed E-state index contributed by atoms with van der Waals surface area (Å²) in [7, 11) is 0. The van der Waals surface area contributed by atoms with Crippen molar-refractivity contribution >= 4 is 17.5 Å². The molecular formula is C24H32N2O2. The van der Waals surface area contributed by atoms with Gasteiger partial charge in [0.15, 0.2) is 0 Å². The zero-order valence-electron chi connectivity index (χ0n) is 17.7. The average Bonchev–Trinajstić information content (AvgIpc) is 2.66. The lowest BCUT2D eigenvalue weighted by Crippen LogP contribution is -2.39. The first-order chi connectivity index (χ1) is 13.3. The number of amides is 2. The molecule has 0 heterocycles. The first kappa shape index (κ1) is 21.7. The SMILES string of the molecule is CC(=O)N(CCC(=O)N(Cc1ccccc1)C(C)C)c1ccccc1C(C)C. The fraction of sp³-hybridized carbons (Fsp3) is 0.417. The summed E-state index contributed by atoms with van der Waals surface area (Å²) in [5.74, 6) is 0.325. The highest BCUT2D eigenvalue weighted by Gasteiger charge is 2.21. The number of rotatable bonds is 8. The minimum atomic E-state index is -0.0416. The molecule has 0 spiro atoms. The van der Waals surface area contributed by atoms with E-state index in [2.05, 4.69) is 13.8 Å². The van der Waals surface area contributed by atoms with Crippen LogP contribution in [-0.2, 0) is 16.1 Å². The minimum Gasteiger partial charge on any atom is -0.336 e. The van der Waals surface area contributed by atoms with Gasteiger partial charge in [-0.15, -0.1) is 0 Å². The van der Waals surface area contributed by atoms with E-state index in [-0.39, 0.29) is 17.9 Å². The second kappa shape index (κ2) is 10.1. The standard InChI is InChI=1S/C24H32N2O2/c1-18(2)22-13-9-10-14-23(22)25(20(5)27)16-15-24(28)26(19(3)4)17-21-11-7-6-8-12-21/h6-14,18-19H,15-17H2,1-5H3. The average molecular weight is 381 g/mol. The van der Waals surface area contributed by atoms with Crippen LogP contribution in [0.2, 0.25) is 0 Å². The van der Waals surface area contributed by atoms with Gasteiger partial charge < -0.3 is 9.80 Å². The lowest BCUT2D eigenvalue weighted by molar-refractivity contribution is -0.133. The first-order valence-corrected chi connectivity index (χ1v) is 10.0. The Bertz CT molecular complexity index is 784. The number of carbonyl (C=O) groups is 2. The number of nitrogens with zero attached hydrogens (tertiary/aromatic N) is 2. The Morgan fingerprint density at radius 2 is 1.50 bits per heavy atom. The van der Waals surface area contributed by atoms with Crippen LogP contribution in [0.25, 0.3) is 0 Å². The predicted octanol–water partition coefficient (Wildman–Crippen LogP) is 4.99. The van der Waals surface area contributed by atoms with Crippen molar-refractivity contribution in [2.45, 2.75) is 59.5 Å². The van der Waals surface area contributed by atoms with Gasteiger partial charge in [-0.05, 0) is 37.0 Å². The molecule has 0 aromatic heterocycles. The molecule has 0 aliphatic carbocycles. The first-order valence-electron chi connectivity index (χ1n) is 10.0. The Balaban J connectivity index is 2.14. The van der Waals surface area contributed by atoms with Crippen molar-refractivity contribution in [3.63, 3.8) is 0 Å². The molecule has 0 atom stereocenters. The van der Waals surface area contributed by atoms with Gasteiger partial charge in [0.2, 0.25) is 11.8 Å². The number of anilines is 1. The summed E-state index contributed by atoms with van der Waals surface area (Å²) in [4.78, 5) is 28.9. The second-order valence-electron chi connectivity index (χ2n) is 7.74. The van der Waals surface area contributed by atoms with Crippen molar-refractivity contribution < 1.29 is 9.59 Å². The summed E-state index contributed by atoms with van der Waals surface area (Å²) in [6.45, 7) is 10.8. The molecule has 0 unspecified atom stereocenters. The van der Waals surface area contributed by atoms with Crippen LogP contribution in [0.1, 0.15) is 58.1 Å². The van der Waals surface area contributed by atoms with E-state index >= 15 is 0 Å². The van der Waals surface area contributed by atoms with Gasteiger partial charge in [-0.2, -0.15) is 0 Å². The van der Waals surface area contributed by atoms with Crippen molar-refractivity contribution in [1.29, 1.82) is 0 Å². The third-order valence-corrected chi connectivity index (χ3v) is 4.92. The van der Waals surface area contributed by atoms with E-state index in [0.29, 0.717) is 25.4 Å². The number of carbonyl (C=O) groups excluding carboxylic acids is 2. The molecule has 0 aliphatic heterocycles. The van der Waals surface area contributed by atoms with E-state index in [4.69, 9.17) is 0 Å². The smallest absolute Gasteiger partial charge is 0.224 e. The van der Waals surface area contributed by atoms with Crippen LogP contribution in [0.4, 0.5) is 5.69 Å². The molecule has 150 valence electrons. The molecule has 28 heavy (non-hydrogen) atoms. The highest BCUT2D eigenvalue weighted by Crippen LogP contribution is 2.27. The molecule has 4 nitrogen and oxygen atoms in total. The van der Waals surface area contributed by atoms with Gasteiger partial charge in [0.05, 0.1) is 0 Å². The Labute approximate surface area is 169 Å². The fourth-order valence-electron chi connectivity index (χ4n) is 3.36. The summed E-state index contributed by atoms with van der Waals surface area (Å²) in [5.41, 5.74) is 3.13. The van der Waals surface area contributed by atoms with Gasteiger partial charge in [0.1, 0.15) is 0 Å². The molecule has 2 aromatic rings. The second-order valence-corrected chi connectivity index (χ2v) is 7.74. The van der Waals surface area contributed by atoms with E-state index < -0.39 is 0 Å². The van der Waals surface area contributed by atoms with Crippen molar-refractivity contribution in [2.75, 3.05) is 11.4 Å². The quantitative estimate of drug-likeness (QED) is 0.647. The van der Waals surface area contributed by atoms with Crippen molar-refractivity contribution in [3.8, 4) is 0 Å². The fourth-order valence-corrected chi connectivity index (χ4v) is 3.36. The number of benzene rings is 2. The molecule has 2 rings (SSSR count). The van der Waals surface area contributed by atoms with Gasteiger partial charge in [0.25, 0.3) is 0 Å². The lowest BCUT2D eigenvalue weighted by atomic mass is 10.00. The molecular weight excluding hydrogens is 348 g/mol. The number of hydrogen-bond donors (Lipinski definition) is 0. The van der Waals surface area contributed by atoms with E-state index in [0.717, 1.165) is 16.8 Å². The molecule has 2 aromatic carbocycles. The largest absolute Gasteiger partial charge is 0.336 e. The zero-order chi connectivity index (χ0) is 20.7. The van der Waals surface area contributed by atoms with Crippen LogP contribution in [0.15, 0.2) is 54.6 Å². The van der Waals surface area contributed by atoms with Crippen LogP contribution in [-0.4, -0.2) is 29.3 Å². The van der Waals surface area contributed by atoms with Gasteiger partial charge in [0, 0.05) is 38.2 Å².